The Morgan fingerprint density at radius 1 is 0.800 bits per heavy atom. The highest BCUT2D eigenvalue weighted by Gasteiger charge is 2.17. The van der Waals surface area contributed by atoms with Gasteiger partial charge in [-0.15, -0.1) is 0 Å². The number of aromatic nitrogens is 3. The summed E-state index contributed by atoms with van der Waals surface area (Å²) in [7, 11) is 3.43. The number of rotatable bonds is 7. The third-order valence-electron chi connectivity index (χ3n) is 7.85. The van der Waals surface area contributed by atoms with Crippen LogP contribution in [-0.2, 0) is 11.8 Å². The summed E-state index contributed by atoms with van der Waals surface area (Å²) in [5.74, 6) is 0.0516. The molecule has 228 valence electrons. The number of nitrogens with zero attached hydrogens (tertiary/aromatic N) is 4. The van der Waals surface area contributed by atoms with Crippen molar-refractivity contribution in [1.82, 2.24) is 20.1 Å². The van der Waals surface area contributed by atoms with Crippen LogP contribution in [0.1, 0.15) is 36.6 Å². The minimum atomic E-state index is -0.327. The first-order chi connectivity index (χ1) is 21.8. The van der Waals surface area contributed by atoms with Crippen LogP contribution in [0.5, 0.6) is 0 Å². The number of hydrogen-bond acceptors (Lipinski definition) is 7. The lowest BCUT2D eigenvalue weighted by Crippen LogP contribution is -2.36. The van der Waals surface area contributed by atoms with Gasteiger partial charge in [-0.1, -0.05) is 6.07 Å². The molecule has 11 nitrogen and oxygen atoms in total. The fourth-order valence-electron chi connectivity index (χ4n) is 5.28. The second kappa shape index (κ2) is 12.6. The van der Waals surface area contributed by atoms with E-state index in [1.807, 2.05) is 50.5 Å². The molecule has 0 atom stereocenters. The van der Waals surface area contributed by atoms with Gasteiger partial charge in [0.1, 0.15) is 11.5 Å². The van der Waals surface area contributed by atoms with E-state index in [1.165, 1.54) is 0 Å². The first-order valence-corrected chi connectivity index (χ1v) is 14.6. The highest BCUT2D eigenvalue weighted by atomic mass is 16.5. The zero-order chi connectivity index (χ0) is 31.5. The molecule has 0 unspecified atom stereocenters. The SMILES string of the molecule is CNC(=O)c1ccc(C(=O)Nc2cc(NC(=O)c3ccc4c(c3)c(-c3ccc(N5CCOCC5)nc3)nn4C)ccc2C)cc1. The predicted octanol–water partition coefficient (Wildman–Crippen LogP) is 4.64. The van der Waals surface area contributed by atoms with Gasteiger partial charge in [-0.25, -0.2) is 4.98 Å². The van der Waals surface area contributed by atoms with Crippen LogP contribution in [0.15, 0.2) is 79.0 Å². The number of carbonyl (C=O) groups is 3. The lowest BCUT2D eigenvalue weighted by Gasteiger charge is -2.27. The molecule has 1 aliphatic heterocycles. The van der Waals surface area contributed by atoms with E-state index in [2.05, 4.69) is 25.8 Å². The average Bonchev–Trinajstić information content (AvgIpc) is 3.41. The highest BCUT2D eigenvalue weighted by Crippen LogP contribution is 2.30. The van der Waals surface area contributed by atoms with Gasteiger partial charge in [-0.2, -0.15) is 5.10 Å². The summed E-state index contributed by atoms with van der Waals surface area (Å²) in [6.45, 7) is 4.86. The fourth-order valence-corrected chi connectivity index (χ4v) is 5.28. The van der Waals surface area contributed by atoms with E-state index < -0.39 is 0 Å². The van der Waals surface area contributed by atoms with Crippen molar-refractivity contribution in [2.24, 2.45) is 7.05 Å². The van der Waals surface area contributed by atoms with Gasteiger partial charge in [0.15, 0.2) is 0 Å². The van der Waals surface area contributed by atoms with Crippen molar-refractivity contribution in [1.29, 1.82) is 0 Å². The average molecular weight is 604 g/mol. The fraction of sp³-hybridized carbons (Fsp3) is 0.206. The van der Waals surface area contributed by atoms with Crippen LogP contribution in [0.25, 0.3) is 22.2 Å². The van der Waals surface area contributed by atoms with Crippen LogP contribution in [0.3, 0.4) is 0 Å². The number of fused-ring (bicyclic) bond motifs is 1. The van der Waals surface area contributed by atoms with E-state index >= 15 is 0 Å². The first kappa shape index (κ1) is 29.5. The smallest absolute Gasteiger partial charge is 0.255 e. The Morgan fingerprint density at radius 3 is 2.18 bits per heavy atom. The van der Waals surface area contributed by atoms with Crippen LogP contribution >= 0.6 is 0 Å². The maximum atomic E-state index is 13.4. The van der Waals surface area contributed by atoms with Crippen LogP contribution in [0, 0.1) is 6.92 Å². The largest absolute Gasteiger partial charge is 0.378 e. The quantitative estimate of drug-likeness (QED) is 0.247. The van der Waals surface area contributed by atoms with Gasteiger partial charge in [-0.05, 0) is 79.2 Å². The number of benzene rings is 3. The van der Waals surface area contributed by atoms with Gasteiger partial charge < -0.3 is 25.6 Å². The second-order valence-corrected chi connectivity index (χ2v) is 10.8. The molecular formula is C34H33N7O4. The monoisotopic (exact) mass is 603 g/mol. The Bertz CT molecular complexity index is 1890. The first-order valence-electron chi connectivity index (χ1n) is 14.6. The number of amides is 3. The van der Waals surface area contributed by atoms with Gasteiger partial charge in [-0.3, -0.25) is 19.1 Å². The molecule has 3 heterocycles. The van der Waals surface area contributed by atoms with Crippen molar-refractivity contribution in [3.8, 4) is 11.3 Å². The van der Waals surface area contributed by atoms with E-state index in [4.69, 9.17) is 9.84 Å². The molecule has 5 aromatic rings. The van der Waals surface area contributed by atoms with E-state index in [9.17, 15) is 14.4 Å². The molecule has 45 heavy (non-hydrogen) atoms. The van der Waals surface area contributed by atoms with Crippen molar-refractivity contribution in [3.63, 3.8) is 0 Å². The number of morpholine rings is 1. The minimum Gasteiger partial charge on any atom is -0.378 e. The number of ether oxygens (including phenoxy) is 1. The zero-order valence-electron chi connectivity index (χ0n) is 25.3. The summed E-state index contributed by atoms with van der Waals surface area (Å²) < 4.78 is 7.24. The normalized spacial score (nSPS) is 13.0. The Hall–Kier alpha value is -5.55. The van der Waals surface area contributed by atoms with Crippen LogP contribution in [0.4, 0.5) is 17.2 Å². The van der Waals surface area contributed by atoms with Crippen molar-refractivity contribution >= 4 is 45.8 Å². The molecule has 3 aromatic carbocycles. The van der Waals surface area contributed by atoms with Gasteiger partial charge in [0.05, 0.1) is 18.7 Å². The molecule has 3 N–H and O–H groups in total. The maximum Gasteiger partial charge on any atom is 0.255 e. The third kappa shape index (κ3) is 6.24. The second-order valence-electron chi connectivity index (χ2n) is 10.8. The van der Waals surface area contributed by atoms with Gasteiger partial charge in [0.2, 0.25) is 0 Å². The number of hydrogen-bond donors (Lipinski definition) is 3. The van der Waals surface area contributed by atoms with E-state index in [1.54, 1.807) is 54.2 Å². The highest BCUT2D eigenvalue weighted by molar-refractivity contribution is 6.09. The van der Waals surface area contributed by atoms with Gasteiger partial charge in [0.25, 0.3) is 17.7 Å². The Labute approximate surface area is 260 Å². The molecule has 3 amide bonds. The van der Waals surface area contributed by atoms with Crippen molar-refractivity contribution < 1.29 is 19.1 Å². The summed E-state index contributed by atoms with van der Waals surface area (Å²) in [6, 6.07) is 21.2. The Kier molecular flexibility index (Phi) is 8.26. The van der Waals surface area contributed by atoms with Crippen molar-refractivity contribution in [3.05, 3.63) is 101 Å². The minimum absolute atomic E-state index is 0.227. The topological polar surface area (TPSA) is 130 Å². The number of nitrogens with one attached hydrogen (secondary N) is 3. The molecule has 1 saturated heterocycles. The molecule has 0 spiro atoms. The van der Waals surface area contributed by atoms with Crippen molar-refractivity contribution in [2.45, 2.75) is 6.92 Å². The maximum absolute atomic E-state index is 13.4. The third-order valence-corrected chi connectivity index (χ3v) is 7.85. The lowest BCUT2D eigenvalue weighted by molar-refractivity contribution is 0.0960. The molecule has 0 bridgehead atoms. The molecule has 1 fully saturated rings. The van der Waals surface area contributed by atoms with Crippen LogP contribution < -0.4 is 20.9 Å². The van der Waals surface area contributed by atoms with Crippen molar-refractivity contribution in [2.75, 3.05) is 48.9 Å². The van der Waals surface area contributed by atoms with Gasteiger partial charge >= 0.3 is 0 Å². The number of aryl methyl sites for hydroxylation is 2. The predicted molar refractivity (Wildman–Crippen MR) is 174 cm³/mol. The van der Waals surface area contributed by atoms with Crippen LogP contribution in [-0.4, -0.2) is 65.8 Å². The molecule has 1 aliphatic rings. The summed E-state index contributed by atoms with van der Waals surface area (Å²) >= 11 is 0. The Morgan fingerprint density at radius 2 is 1.49 bits per heavy atom. The van der Waals surface area contributed by atoms with E-state index in [0.717, 1.165) is 46.6 Å². The summed E-state index contributed by atoms with van der Waals surface area (Å²) in [5.41, 5.74) is 5.76. The number of anilines is 3. The van der Waals surface area contributed by atoms with Crippen LogP contribution in [0.2, 0.25) is 0 Å². The van der Waals surface area contributed by atoms with E-state index in [0.29, 0.717) is 41.3 Å². The summed E-state index contributed by atoms with van der Waals surface area (Å²) in [4.78, 5) is 45.0. The molecule has 0 radical (unpaired) electrons. The standard InChI is InChI=1S/C34H33N7O4/c1-21-4-11-26(19-28(21)38-33(43)23-7-5-22(6-8-23)32(42)35-2)37-34(44)24-9-12-29-27(18-24)31(39-40(29)3)25-10-13-30(36-20-25)41-14-16-45-17-15-41/h4-13,18-20H,14-17H2,1-3H3,(H,35,42)(H,37,44)(H,38,43). The zero-order valence-corrected chi connectivity index (χ0v) is 25.3. The Balaban J connectivity index is 1.19. The molecule has 2 aromatic heterocycles. The number of pyridine rings is 1. The number of carbonyl (C=O) groups excluding carboxylic acids is 3. The summed E-state index contributed by atoms with van der Waals surface area (Å²) in [5, 5.41) is 14.0. The lowest BCUT2D eigenvalue weighted by atomic mass is 10.1. The van der Waals surface area contributed by atoms with Gasteiger partial charge in [0, 0.05) is 72.4 Å². The molecule has 0 aliphatic carbocycles. The van der Waals surface area contributed by atoms with E-state index in [-0.39, 0.29) is 17.7 Å². The summed E-state index contributed by atoms with van der Waals surface area (Å²) in [6.07, 6.45) is 1.82. The molecule has 11 heteroatoms. The molecule has 6 rings (SSSR count). The molecule has 0 saturated carbocycles. The molecular weight excluding hydrogens is 570 g/mol.